The van der Waals surface area contributed by atoms with Gasteiger partial charge in [-0.25, -0.2) is 19.6 Å². The van der Waals surface area contributed by atoms with Gasteiger partial charge in [0.25, 0.3) is 0 Å². The zero-order valence-corrected chi connectivity index (χ0v) is 85.3. The lowest BCUT2D eigenvalue weighted by molar-refractivity contribution is -0.118. The minimum absolute atomic E-state index is 0.108. The fourth-order valence-corrected chi connectivity index (χ4v) is 15.3. The van der Waals surface area contributed by atoms with Crippen molar-refractivity contribution in [1.82, 2.24) is 49.5 Å². The van der Waals surface area contributed by atoms with E-state index >= 15 is 0 Å². The van der Waals surface area contributed by atoms with Crippen LogP contribution >= 0.6 is 31.9 Å². The summed E-state index contributed by atoms with van der Waals surface area (Å²) in [7, 11) is -1.45. The molecule has 0 radical (unpaired) electrons. The maximum absolute atomic E-state index is 13.1. The van der Waals surface area contributed by atoms with E-state index < -0.39 is 61.6 Å². The number of H-pyrrole nitrogens is 1. The van der Waals surface area contributed by atoms with Crippen LogP contribution in [-0.2, 0) is 70.8 Å². The van der Waals surface area contributed by atoms with Gasteiger partial charge in [0.1, 0.15) is 22.8 Å². The maximum Gasteiger partial charge on any atom is 0.494 e. The molecule has 32 nitrogen and oxygen atoms in total. The molecule has 3 unspecified atom stereocenters. The highest BCUT2D eigenvalue weighted by Crippen LogP contribution is 2.46. The molecule has 3 saturated carbocycles. The number of nitrogens with one attached hydrogen (secondary N) is 6. The molecule has 5 aliphatic heterocycles. The number of hydrogen-bond donors (Lipinski definition) is 6. The summed E-state index contributed by atoms with van der Waals surface area (Å²) in [5.41, 5.74) is 4.42. The van der Waals surface area contributed by atoms with E-state index in [1.165, 1.54) is 28.3 Å². The number of ether oxygens (including phenoxy) is 4. The Hall–Kier alpha value is -9.89. The Labute approximate surface area is 816 Å². The van der Waals surface area contributed by atoms with E-state index in [4.69, 9.17) is 46.9 Å². The summed E-state index contributed by atoms with van der Waals surface area (Å²) in [5, 5.41) is 30.0. The van der Waals surface area contributed by atoms with E-state index in [0.717, 1.165) is 151 Å². The minimum Gasteiger partial charge on any atom is -0.442 e. The number of hydrogen-bond acceptors (Lipinski definition) is 24. The van der Waals surface area contributed by atoms with Crippen LogP contribution in [0.1, 0.15) is 253 Å². The van der Waals surface area contributed by atoms with Crippen molar-refractivity contribution in [3.63, 3.8) is 0 Å². The van der Waals surface area contributed by atoms with Gasteiger partial charge in [-0.3, -0.25) is 38.9 Å². The Morgan fingerprint density at radius 2 is 0.846 bits per heavy atom. The van der Waals surface area contributed by atoms with Crippen molar-refractivity contribution in [2.45, 2.75) is 264 Å². The summed E-state index contributed by atoms with van der Waals surface area (Å²) < 4.78 is 62.1. The zero-order chi connectivity index (χ0) is 98.6. The van der Waals surface area contributed by atoms with Gasteiger partial charge in [0, 0.05) is 120 Å². The molecule has 16 rings (SSSR count). The fourth-order valence-electron chi connectivity index (χ4n) is 14.6. The quantitative estimate of drug-likeness (QED) is 0.0256. The molecule has 8 aromatic rings. The predicted molar refractivity (Wildman–Crippen MR) is 533 cm³/mol. The number of carbonyl (C=O) groups excluding carboxylic acids is 7. The van der Waals surface area contributed by atoms with Crippen molar-refractivity contribution in [2.24, 2.45) is 0 Å². The molecule has 136 heavy (non-hydrogen) atoms. The maximum atomic E-state index is 13.1. The SMILES string of the molecule is CC(C(=O)Nc1cc(C2CC2)[nH]n1)c1cccc(-c2ccc(NC(=O)/C=C/CN3CCOCC3)nc2)c1.CC(C(=O)Nc1cc(C2CC2)n(C(=O)OC(C)(C)C)n1)c1cccc(B2OC(C)(C)C(C)(C)O2)c1.CC(C(=O)Nc1cc(C2CC2)n(C(=O)OC(C)(C)C)n1)c1cccc(Br)c1.CC1(C)OB(B2OC(C)(C)C(C)(C)O2)OC1(C)C.O=C(/C=C/CN1CCOCC1)Nc1ccc(Br)cn1. The van der Waals surface area contributed by atoms with E-state index in [2.05, 4.69) is 98.6 Å². The molecule has 3 aromatic carbocycles. The van der Waals surface area contributed by atoms with E-state index in [1.54, 1.807) is 42.7 Å². The number of halogens is 2. The van der Waals surface area contributed by atoms with E-state index in [9.17, 15) is 33.6 Å². The fraction of sp³-hybridized carbons (Fsp3) is 0.515. The number of carbonyl (C=O) groups is 7. The minimum atomic E-state index is -0.635. The van der Waals surface area contributed by atoms with E-state index in [0.29, 0.717) is 35.0 Å². The first kappa shape index (κ1) is 105. The number of benzene rings is 3. The number of amides is 5. The summed E-state index contributed by atoms with van der Waals surface area (Å²) in [6.45, 7) is 48.8. The lowest BCUT2D eigenvalue weighted by Gasteiger charge is -2.32. The van der Waals surface area contributed by atoms with Gasteiger partial charge in [-0.2, -0.15) is 14.5 Å². The molecule has 0 bridgehead atoms. The molecule has 8 fully saturated rings. The molecule has 37 heteroatoms. The summed E-state index contributed by atoms with van der Waals surface area (Å²) in [6, 6.07) is 35.9. The summed E-state index contributed by atoms with van der Waals surface area (Å²) in [4.78, 5) is 101. The van der Waals surface area contributed by atoms with Crippen LogP contribution in [0.5, 0.6) is 0 Å². The van der Waals surface area contributed by atoms with Gasteiger partial charge in [-0.15, -0.1) is 10.2 Å². The topological polar surface area (TPSA) is 369 Å². The number of pyridine rings is 2. The molecule has 0 spiro atoms. The molecule has 728 valence electrons. The Kier molecular flexibility index (Phi) is 34.4. The monoisotopic (exact) mass is 1990 g/mol. The smallest absolute Gasteiger partial charge is 0.442 e. The molecule has 5 saturated heterocycles. The second-order valence-corrected chi connectivity index (χ2v) is 42.3. The number of aromatic amines is 1. The lowest BCUT2D eigenvalue weighted by Crippen LogP contribution is -2.41. The normalized spacial score (nSPS) is 19.4. The van der Waals surface area contributed by atoms with Crippen LogP contribution in [0.25, 0.3) is 11.1 Å². The average Bonchev–Trinajstić information content (AvgIpc) is 1.59. The van der Waals surface area contributed by atoms with Crippen molar-refractivity contribution in [2.75, 3.05) is 92.3 Å². The zero-order valence-electron chi connectivity index (χ0n) is 82.2. The van der Waals surface area contributed by atoms with Crippen molar-refractivity contribution in [3.8, 4) is 11.1 Å². The summed E-state index contributed by atoms with van der Waals surface area (Å²) in [5.74, 6) is 1.38. The van der Waals surface area contributed by atoms with Crippen LogP contribution in [-0.4, -0.2) is 223 Å². The highest BCUT2D eigenvalue weighted by Gasteiger charge is 2.64. The van der Waals surface area contributed by atoms with Gasteiger partial charge < -0.3 is 73.5 Å². The van der Waals surface area contributed by atoms with Crippen molar-refractivity contribution >= 4 is 129 Å². The van der Waals surface area contributed by atoms with Crippen LogP contribution in [0.2, 0.25) is 0 Å². The number of rotatable bonds is 23. The highest BCUT2D eigenvalue weighted by molar-refractivity contribution is 9.10. The van der Waals surface area contributed by atoms with Crippen LogP contribution in [0.15, 0.2) is 161 Å². The third-order valence-corrected chi connectivity index (χ3v) is 26.3. The first-order chi connectivity index (χ1) is 64.0. The van der Waals surface area contributed by atoms with Crippen molar-refractivity contribution < 1.29 is 80.4 Å². The number of nitrogens with zero attached hydrogens (tertiary/aromatic N) is 9. The van der Waals surface area contributed by atoms with Crippen LogP contribution < -0.4 is 32.0 Å². The van der Waals surface area contributed by atoms with E-state index in [-0.39, 0.29) is 75.6 Å². The largest absolute Gasteiger partial charge is 0.494 e. The molecule has 6 N–H and O–H groups in total. The second kappa shape index (κ2) is 44.5. The van der Waals surface area contributed by atoms with Crippen LogP contribution in [0.3, 0.4) is 0 Å². The predicted octanol–water partition coefficient (Wildman–Crippen LogP) is 17.5. The van der Waals surface area contributed by atoms with E-state index in [1.807, 2.05) is 249 Å². The first-order valence-corrected chi connectivity index (χ1v) is 48.4. The Morgan fingerprint density at radius 1 is 0.449 bits per heavy atom. The summed E-state index contributed by atoms with van der Waals surface area (Å²) >= 11 is 6.72. The van der Waals surface area contributed by atoms with Gasteiger partial charge in [-0.1, -0.05) is 88.7 Å². The molecule has 5 aromatic heterocycles. The van der Waals surface area contributed by atoms with Crippen molar-refractivity contribution in [1.29, 1.82) is 0 Å². The van der Waals surface area contributed by atoms with Crippen LogP contribution in [0, 0.1) is 0 Å². The van der Waals surface area contributed by atoms with Gasteiger partial charge in [0.2, 0.25) is 29.5 Å². The van der Waals surface area contributed by atoms with Gasteiger partial charge in [-0.05, 0) is 264 Å². The molecule has 10 heterocycles. The highest BCUT2D eigenvalue weighted by atomic mass is 79.9. The Balaban J connectivity index is 0.000000157. The number of anilines is 5. The average molecular weight is 2000 g/mol. The molecule has 5 amide bonds. The standard InChI is InChI=1S/C28H32N6O3.C26H36BN3O5.C20H24BrN3O3.C13H16BrN3O2.C12H24B2O4/c1-19(28(36)31-26-17-24(32-33-26)20-7-8-20)21-4-2-5-22(16-21)23-9-10-25(29-18-23)30-27(35)6-3-11-34-12-14-37-15-13-34;1-16(18-10-9-11-19(14-18)27-34-25(5,6)26(7,8)35-27)22(31)28-21-15-20(17-12-13-17)30(29-21)23(32)33-24(2,3)4;1-12(14-6-5-7-15(21)10-14)18(25)22-17-11-16(13-8-9-13)24(23-17)19(26)27-20(2,3)4;14-11-3-4-12(15-10-11)16-13(18)2-1-5-17-6-8-19-9-7-17;1-9(2)10(3,4)16-13(15-9)14-17-11(5,6)12(7,8)18-14/h2-6,9-10,16-20H,7-8,11-15H2,1H3,(H,29,30,35)(H2,31,32,33,36);9-11,14-17H,12-13H2,1-8H3,(H,28,29,31);5-7,10-13H,8-9H2,1-4H3,(H,22,23,25);1-4,10H,5-9H2,(H,15,16,18);1-8H3/b6-3+;;;2-1+;. The molecule has 3 atom stereocenters. The second-order valence-electron chi connectivity index (χ2n) is 40.4. The van der Waals surface area contributed by atoms with Gasteiger partial charge in [0.15, 0.2) is 17.5 Å². The molecular weight excluding hydrogens is 1860 g/mol. The molecule has 3 aliphatic carbocycles. The van der Waals surface area contributed by atoms with Gasteiger partial charge >= 0.3 is 33.3 Å². The Bertz CT molecular complexity index is 5470. The van der Waals surface area contributed by atoms with Crippen LogP contribution in [0.4, 0.5) is 38.7 Å². The lowest BCUT2D eigenvalue weighted by atomic mass is 9.49. The molecule has 8 aliphatic rings. The third-order valence-electron chi connectivity index (χ3n) is 25.4. The van der Waals surface area contributed by atoms with Gasteiger partial charge in [0.05, 0.1) is 89.2 Å². The molecular formula is C99H132B3Br2N15O17. The Morgan fingerprint density at radius 3 is 1.25 bits per heavy atom. The third kappa shape index (κ3) is 29.4. The first-order valence-electron chi connectivity index (χ1n) is 46.8. The van der Waals surface area contributed by atoms with Crippen molar-refractivity contribution in [3.05, 3.63) is 195 Å². The number of morpholine rings is 2. The number of aromatic nitrogens is 8. The summed E-state index contributed by atoms with van der Waals surface area (Å²) in [6.07, 6.45) is 15.5.